The van der Waals surface area contributed by atoms with Gasteiger partial charge in [0.05, 0.1) is 5.52 Å². The van der Waals surface area contributed by atoms with Crippen LogP contribution in [0.2, 0.25) is 0 Å². The Labute approximate surface area is 233 Å². The van der Waals surface area contributed by atoms with Gasteiger partial charge in [-0.15, -0.1) is 0 Å². The van der Waals surface area contributed by atoms with Crippen LogP contribution in [-0.4, -0.2) is 47.9 Å². The molecule has 5 rings (SSSR count). The predicted octanol–water partition coefficient (Wildman–Crippen LogP) is 6.51. The second-order valence-corrected chi connectivity index (χ2v) is 10.5. The van der Waals surface area contributed by atoms with E-state index in [0.29, 0.717) is 18.2 Å². The van der Waals surface area contributed by atoms with Crippen molar-refractivity contribution in [3.8, 4) is 11.8 Å². The average molecular weight is 545 g/mol. The van der Waals surface area contributed by atoms with Gasteiger partial charge < -0.3 is 19.9 Å². The molecule has 1 saturated heterocycles. The van der Waals surface area contributed by atoms with E-state index in [1.807, 2.05) is 25.1 Å². The molecule has 2 N–H and O–H groups in total. The molecular weight excluding hydrogens is 510 g/mol. The number of nitrogens with one attached hydrogen (secondary N) is 2. The Morgan fingerprint density at radius 3 is 2.65 bits per heavy atom. The summed E-state index contributed by atoms with van der Waals surface area (Å²) in [6.45, 7) is 12.1. The molecular formula is C31H34F2N6O. The maximum atomic E-state index is 15.4. The topological polar surface area (TPSA) is 79.7 Å². The van der Waals surface area contributed by atoms with Crippen molar-refractivity contribution in [2.24, 2.45) is 10.9 Å². The zero-order valence-corrected chi connectivity index (χ0v) is 23.3. The lowest BCUT2D eigenvalue weighted by molar-refractivity contribution is 0.199. The zero-order chi connectivity index (χ0) is 28.4. The summed E-state index contributed by atoms with van der Waals surface area (Å²) in [4.78, 5) is 12.1. The molecule has 1 aromatic heterocycles. The number of amidine groups is 1. The maximum Gasteiger partial charge on any atom is 0.175 e. The summed E-state index contributed by atoms with van der Waals surface area (Å²) in [5, 5.41) is 13.5. The van der Waals surface area contributed by atoms with Gasteiger partial charge in [-0.05, 0) is 57.1 Å². The van der Waals surface area contributed by atoms with Crippen molar-refractivity contribution in [3.05, 3.63) is 77.3 Å². The number of anilines is 2. The molecule has 2 atom stereocenters. The lowest BCUT2D eigenvalue weighted by Crippen LogP contribution is -2.51. The molecule has 2 unspecified atom stereocenters. The summed E-state index contributed by atoms with van der Waals surface area (Å²) < 4.78 is 36.2. The summed E-state index contributed by atoms with van der Waals surface area (Å²) in [5.41, 5.74) is 2.73. The monoisotopic (exact) mass is 544 g/mol. The molecule has 1 fully saturated rings. The summed E-state index contributed by atoms with van der Waals surface area (Å²) in [6, 6.07) is 13.2. The number of aromatic amines is 1. The van der Waals surface area contributed by atoms with Crippen LogP contribution in [0.5, 0.6) is 5.75 Å². The summed E-state index contributed by atoms with van der Waals surface area (Å²) >= 11 is 0. The van der Waals surface area contributed by atoms with Crippen LogP contribution < -0.4 is 15.0 Å². The van der Waals surface area contributed by atoms with Gasteiger partial charge in [-0.2, -0.15) is 5.26 Å². The molecule has 3 aromatic rings. The van der Waals surface area contributed by atoms with Crippen LogP contribution >= 0.6 is 0 Å². The number of aryl methyl sites for hydroxylation is 1. The third kappa shape index (κ3) is 5.45. The highest BCUT2D eigenvalue weighted by Crippen LogP contribution is 2.34. The quantitative estimate of drug-likeness (QED) is 0.383. The molecule has 0 amide bonds. The number of hydrogen-bond acceptors (Lipinski definition) is 6. The minimum Gasteiger partial charge on any atom is -0.457 e. The molecule has 2 aliphatic heterocycles. The van der Waals surface area contributed by atoms with E-state index in [2.05, 4.69) is 57.1 Å². The number of rotatable bonds is 5. The number of aromatic nitrogens is 1. The van der Waals surface area contributed by atoms with Crippen molar-refractivity contribution in [1.82, 2.24) is 9.88 Å². The fraction of sp³-hybridized carbons (Fsp3) is 0.355. The van der Waals surface area contributed by atoms with E-state index < -0.39 is 11.6 Å². The van der Waals surface area contributed by atoms with E-state index in [-0.39, 0.29) is 39.7 Å². The normalized spacial score (nSPS) is 24.1. The number of nitrogens with zero attached hydrogens (tertiary/aromatic N) is 4. The first-order chi connectivity index (χ1) is 19.3. The van der Waals surface area contributed by atoms with Crippen LogP contribution in [0.3, 0.4) is 0 Å². The Balaban J connectivity index is 1.42. The van der Waals surface area contributed by atoms with E-state index in [4.69, 9.17) is 4.74 Å². The predicted molar refractivity (Wildman–Crippen MR) is 156 cm³/mol. The molecule has 0 radical (unpaired) electrons. The Hall–Kier alpha value is -4.16. The number of nitriles is 1. The molecule has 0 bridgehead atoms. The Morgan fingerprint density at radius 2 is 1.95 bits per heavy atom. The fourth-order valence-corrected chi connectivity index (χ4v) is 5.40. The molecule has 3 heterocycles. The van der Waals surface area contributed by atoms with Gasteiger partial charge in [0.25, 0.3) is 0 Å². The first-order valence-electron chi connectivity index (χ1n) is 13.7. The molecule has 0 saturated carbocycles. The van der Waals surface area contributed by atoms with Crippen molar-refractivity contribution in [2.75, 3.05) is 36.4 Å². The number of allylic oxidation sites excluding steroid dienone is 2. The van der Waals surface area contributed by atoms with Gasteiger partial charge in [0.1, 0.15) is 17.4 Å². The number of halogens is 2. The standard InChI is InChI=1S/C31H34F2N6O/c1-5-38-13-14-39(18-21(38)4)23-10-8-22(9-11-23)37-31-25(17-34)30(19(2)7-6-12-35-31)40-27-16-26(32)29-24(28(27)33)15-20(3)36-29/h6,8-12,15-16,19,21,36H,5,7,13-14,18H2,1-4H3,(H,35,37)/b12-6+,30-25+. The molecule has 208 valence electrons. The molecule has 7 nitrogen and oxygen atoms in total. The zero-order valence-electron chi connectivity index (χ0n) is 23.3. The number of likely N-dealkylation sites (N-methyl/N-ethyl adjacent to an activating group) is 1. The molecule has 0 spiro atoms. The van der Waals surface area contributed by atoms with Gasteiger partial charge in [-0.25, -0.2) is 13.8 Å². The third-order valence-corrected chi connectivity index (χ3v) is 7.63. The molecule has 2 aromatic carbocycles. The van der Waals surface area contributed by atoms with Crippen molar-refractivity contribution in [2.45, 2.75) is 40.2 Å². The first-order valence-corrected chi connectivity index (χ1v) is 13.7. The van der Waals surface area contributed by atoms with Crippen LogP contribution in [0.25, 0.3) is 10.9 Å². The van der Waals surface area contributed by atoms with Crippen LogP contribution in [0, 0.1) is 35.8 Å². The molecule has 2 aliphatic rings. The van der Waals surface area contributed by atoms with Crippen LogP contribution in [0.4, 0.5) is 20.2 Å². The van der Waals surface area contributed by atoms with E-state index in [1.54, 1.807) is 13.1 Å². The van der Waals surface area contributed by atoms with Crippen molar-refractivity contribution < 1.29 is 13.5 Å². The van der Waals surface area contributed by atoms with Gasteiger partial charge in [0.2, 0.25) is 0 Å². The van der Waals surface area contributed by atoms with Crippen molar-refractivity contribution >= 4 is 28.1 Å². The van der Waals surface area contributed by atoms with E-state index in [0.717, 1.165) is 43.6 Å². The van der Waals surface area contributed by atoms with Gasteiger partial charge in [0.15, 0.2) is 23.2 Å². The second-order valence-electron chi connectivity index (χ2n) is 10.5. The molecule has 9 heteroatoms. The van der Waals surface area contributed by atoms with Crippen LogP contribution in [0.1, 0.15) is 32.9 Å². The van der Waals surface area contributed by atoms with Gasteiger partial charge in [-0.3, -0.25) is 4.90 Å². The van der Waals surface area contributed by atoms with Crippen molar-refractivity contribution in [3.63, 3.8) is 0 Å². The Kier molecular flexibility index (Phi) is 7.90. The van der Waals surface area contributed by atoms with Crippen LogP contribution in [-0.2, 0) is 0 Å². The highest BCUT2D eigenvalue weighted by atomic mass is 19.1. The number of piperazine rings is 1. The number of ether oxygens (including phenoxy) is 1. The lowest BCUT2D eigenvalue weighted by atomic mass is 9.99. The van der Waals surface area contributed by atoms with Crippen LogP contribution in [0.15, 0.2) is 65.0 Å². The smallest absolute Gasteiger partial charge is 0.175 e. The SMILES string of the molecule is CCN1CCN(c2ccc(NC3=N/C=C/CC(C)/C(Oc4cc(F)c5[nH]c(C)cc5c4F)=C\3C#N)cc2)CC1C. The van der Waals surface area contributed by atoms with E-state index in [9.17, 15) is 9.65 Å². The average Bonchev–Trinajstić information content (AvgIpc) is 3.35. The van der Waals surface area contributed by atoms with E-state index >= 15 is 4.39 Å². The van der Waals surface area contributed by atoms with Gasteiger partial charge >= 0.3 is 0 Å². The highest BCUT2D eigenvalue weighted by molar-refractivity contribution is 6.11. The summed E-state index contributed by atoms with van der Waals surface area (Å²) in [7, 11) is 0. The summed E-state index contributed by atoms with van der Waals surface area (Å²) in [6.07, 6.45) is 4.02. The number of H-pyrrole nitrogens is 1. The number of fused-ring (bicyclic) bond motifs is 1. The minimum atomic E-state index is -0.688. The lowest BCUT2D eigenvalue weighted by Gasteiger charge is -2.40. The highest BCUT2D eigenvalue weighted by Gasteiger charge is 2.26. The first kappa shape index (κ1) is 27.4. The van der Waals surface area contributed by atoms with Gasteiger partial charge in [0, 0.05) is 66.3 Å². The Morgan fingerprint density at radius 1 is 1.18 bits per heavy atom. The second kappa shape index (κ2) is 11.5. The Bertz CT molecular complexity index is 1530. The number of aliphatic imine (C=N–C) groups is 1. The van der Waals surface area contributed by atoms with E-state index in [1.165, 1.54) is 6.07 Å². The van der Waals surface area contributed by atoms with Crippen molar-refractivity contribution in [1.29, 1.82) is 5.26 Å². The number of hydrogen-bond donors (Lipinski definition) is 2. The maximum absolute atomic E-state index is 15.4. The summed E-state index contributed by atoms with van der Waals surface area (Å²) in [5.74, 6) is -1.37. The third-order valence-electron chi connectivity index (χ3n) is 7.63. The minimum absolute atomic E-state index is 0.0829. The fourth-order valence-electron chi connectivity index (χ4n) is 5.40. The molecule has 0 aliphatic carbocycles. The number of benzene rings is 2. The van der Waals surface area contributed by atoms with Gasteiger partial charge in [-0.1, -0.05) is 19.9 Å². The largest absolute Gasteiger partial charge is 0.457 e. The molecule has 40 heavy (non-hydrogen) atoms.